The summed E-state index contributed by atoms with van der Waals surface area (Å²) in [7, 11) is -3.54. The van der Waals surface area contributed by atoms with Crippen molar-refractivity contribution in [1.29, 1.82) is 0 Å². The van der Waals surface area contributed by atoms with Crippen molar-refractivity contribution in [2.75, 3.05) is 18.4 Å². The molecule has 0 atom stereocenters. The highest BCUT2D eigenvalue weighted by atomic mass is 32.2. The van der Waals surface area contributed by atoms with E-state index < -0.39 is 10.0 Å². The van der Waals surface area contributed by atoms with Gasteiger partial charge in [0.1, 0.15) is 0 Å². The van der Waals surface area contributed by atoms with Crippen LogP contribution in [0.4, 0.5) is 5.69 Å². The van der Waals surface area contributed by atoms with Crippen molar-refractivity contribution in [2.24, 2.45) is 0 Å². The van der Waals surface area contributed by atoms with Crippen molar-refractivity contribution in [3.63, 3.8) is 0 Å². The summed E-state index contributed by atoms with van der Waals surface area (Å²) in [5.74, 6) is -0.108. The lowest BCUT2D eigenvalue weighted by Crippen LogP contribution is -2.32. The van der Waals surface area contributed by atoms with Crippen LogP contribution in [-0.4, -0.2) is 31.7 Å². The Bertz CT molecular complexity index is 869. The number of hydrogen-bond acceptors (Lipinski definition) is 4. The molecule has 1 aromatic carbocycles. The molecule has 1 aliphatic heterocycles. The first-order chi connectivity index (χ1) is 13.0. The minimum Gasteiger partial charge on any atom is -0.326 e. The smallest absolute Gasteiger partial charge is 0.243 e. The fourth-order valence-electron chi connectivity index (χ4n) is 3.29. The minimum atomic E-state index is -3.54. The molecule has 0 unspecified atom stereocenters. The molecule has 7 heteroatoms. The molecule has 27 heavy (non-hydrogen) atoms. The zero-order valence-electron chi connectivity index (χ0n) is 15.6. The van der Waals surface area contributed by atoms with Gasteiger partial charge >= 0.3 is 0 Å². The number of anilines is 1. The molecule has 146 valence electrons. The van der Waals surface area contributed by atoms with Crippen molar-refractivity contribution in [3.05, 3.63) is 46.2 Å². The summed E-state index contributed by atoms with van der Waals surface area (Å²) < 4.78 is 27.8. The third-order valence-electron chi connectivity index (χ3n) is 4.88. The number of sulfonamides is 1. The van der Waals surface area contributed by atoms with Crippen LogP contribution in [0.1, 0.15) is 43.2 Å². The summed E-state index contributed by atoms with van der Waals surface area (Å²) in [4.78, 5) is 12.5. The largest absolute Gasteiger partial charge is 0.326 e. The highest BCUT2D eigenvalue weighted by molar-refractivity contribution is 7.89. The molecule has 5 nitrogen and oxygen atoms in total. The van der Waals surface area contributed by atoms with E-state index in [9.17, 15) is 13.2 Å². The fraction of sp³-hybridized carbons (Fsp3) is 0.450. The Morgan fingerprint density at radius 2 is 1.89 bits per heavy atom. The average Bonchev–Trinajstić information content (AvgIpc) is 3.01. The molecule has 0 bridgehead atoms. The molecule has 1 amide bonds. The van der Waals surface area contributed by atoms with Crippen LogP contribution in [-0.2, 0) is 21.2 Å². The molecule has 0 saturated carbocycles. The number of aryl methyl sites for hydroxylation is 2. The van der Waals surface area contributed by atoms with Crippen molar-refractivity contribution in [3.8, 4) is 0 Å². The van der Waals surface area contributed by atoms with Crippen molar-refractivity contribution >= 4 is 33.0 Å². The van der Waals surface area contributed by atoms with Gasteiger partial charge in [0.25, 0.3) is 0 Å². The summed E-state index contributed by atoms with van der Waals surface area (Å²) in [6.45, 7) is 2.94. The molecular formula is C20H26N2O3S2. The van der Waals surface area contributed by atoms with Gasteiger partial charge in [-0.1, -0.05) is 18.9 Å². The van der Waals surface area contributed by atoms with E-state index in [1.165, 1.54) is 0 Å². The van der Waals surface area contributed by atoms with Gasteiger partial charge in [0.15, 0.2) is 0 Å². The van der Waals surface area contributed by atoms with Gasteiger partial charge in [-0.25, -0.2) is 8.42 Å². The zero-order chi connectivity index (χ0) is 19.3. The molecular weight excluding hydrogens is 380 g/mol. The van der Waals surface area contributed by atoms with Crippen LogP contribution in [0.15, 0.2) is 39.9 Å². The summed E-state index contributed by atoms with van der Waals surface area (Å²) in [5.41, 5.74) is 2.38. The molecule has 2 heterocycles. The van der Waals surface area contributed by atoms with E-state index in [4.69, 9.17) is 0 Å². The highest BCUT2D eigenvalue weighted by Crippen LogP contribution is 2.26. The predicted molar refractivity (Wildman–Crippen MR) is 110 cm³/mol. The fourth-order valence-corrected chi connectivity index (χ4v) is 5.76. The number of rotatable bonds is 6. The minimum absolute atomic E-state index is 0.108. The Labute approximate surface area is 165 Å². The second-order valence-electron chi connectivity index (χ2n) is 6.98. The predicted octanol–water partition coefficient (Wildman–Crippen LogP) is 4.19. The van der Waals surface area contributed by atoms with E-state index >= 15 is 0 Å². The molecule has 1 aliphatic rings. The lowest BCUT2D eigenvalue weighted by Gasteiger charge is -2.21. The van der Waals surface area contributed by atoms with Crippen molar-refractivity contribution in [2.45, 2.75) is 50.3 Å². The number of carbonyl (C=O) groups is 1. The number of thiophene rings is 1. The highest BCUT2D eigenvalue weighted by Gasteiger charge is 2.27. The quantitative estimate of drug-likeness (QED) is 0.782. The Hall–Kier alpha value is -1.70. The van der Waals surface area contributed by atoms with Gasteiger partial charge < -0.3 is 5.32 Å². The maximum Gasteiger partial charge on any atom is 0.243 e. The van der Waals surface area contributed by atoms with Crippen molar-refractivity contribution in [1.82, 2.24) is 4.31 Å². The van der Waals surface area contributed by atoms with Crippen LogP contribution in [0.2, 0.25) is 0 Å². The lowest BCUT2D eigenvalue weighted by atomic mass is 10.2. The summed E-state index contributed by atoms with van der Waals surface area (Å²) in [5, 5.41) is 6.87. The van der Waals surface area contributed by atoms with Gasteiger partial charge in [-0.15, -0.1) is 0 Å². The van der Waals surface area contributed by atoms with Crippen molar-refractivity contribution < 1.29 is 13.2 Å². The topological polar surface area (TPSA) is 66.5 Å². The Kier molecular flexibility index (Phi) is 6.68. The van der Waals surface area contributed by atoms with E-state index in [0.29, 0.717) is 42.1 Å². The second kappa shape index (κ2) is 8.99. The average molecular weight is 407 g/mol. The van der Waals surface area contributed by atoms with Crippen LogP contribution in [0.5, 0.6) is 0 Å². The monoisotopic (exact) mass is 406 g/mol. The van der Waals surface area contributed by atoms with E-state index in [1.807, 2.05) is 16.8 Å². The van der Waals surface area contributed by atoms with Crippen LogP contribution >= 0.6 is 11.3 Å². The van der Waals surface area contributed by atoms with Crippen LogP contribution in [0, 0.1) is 6.92 Å². The Balaban J connectivity index is 1.72. The summed E-state index contributed by atoms with van der Waals surface area (Å²) in [6, 6.07) is 7.13. The van der Waals surface area contributed by atoms with Crippen LogP contribution in [0.25, 0.3) is 0 Å². The third-order valence-corrected chi connectivity index (χ3v) is 7.65. The number of hydrogen-bond donors (Lipinski definition) is 1. The van der Waals surface area contributed by atoms with Gasteiger partial charge in [-0.3, -0.25) is 4.79 Å². The lowest BCUT2D eigenvalue weighted by molar-refractivity contribution is -0.116. The van der Waals surface area contributed by atoms with E-state index in [-0.39, 0.29) is 5.91 Å². The normalized spacial score (nSPS) is 16.0. The van der Waals surface area contributed by atoms with Gasteiger partial charge in [-0.2, -0.15) is 15.6 Å². The number of amides is 1. The van der Waals surface area contributed by atoms with Gasteiger partial charge in [-0.05, 0) is 66.3 Å². The second-order valence-corrected chi connectivity index (χ2v) is 9.66. The Morgan fingerprint density at radius 1 is 1.15 bits per heavy atom. The molecule has 1 saturated heterocycles. The number of benzene rings is 1. The standard InChI is InChI=1S/C20H26N2O3S2/c1-16-6-8-18(21-20(23)9-7-17-10-13-26-15-17)14-19(16)27(24,25)22-11-4-2-3-5-12-22/h6,8,10,13-15H,2-5,7,9,11-12H2,1H3,(H,21,23). The molecule has 0 aliphatic carbocycles. The first-order valence-electron chi connectivity index (χ1n) is 9.38. The van der Waals surface area contributed by atoms with Crippen LogP contribution < -0.4 is 5.32 Å². The zero-order valence-corrected chi connectivity index (χ0v) is 17.2. The first kappa shape index (κ1) is 20.0. The van der Waals surface area contributed by atoms with Gasteiger partial charge in [0.2, 0.25) is 15.9 Å². The molecule has 0 spiro atoms. The number of nitrogens with one attached hydrogen (secondary N) is 1. The summed E-state index contributed by atoms with van der Waals surface area (Å²) >= 11 is 1.61. The van der Waals surface area contributed by atoms with E-state index in [0.717, 1.165) is 31.2 Å². The molecule has 2 aromatic rings. The maximum absolute atomic E-state index is 13.1. The molecule has 1 N–H and O–H groups in total. The molecule has 1 fully saturated rings. The first-order valence-corrected chi connectivity index (χ1v) is 11.8. The number of carbonyl (C=O) groups excluding carboxylic acids is 1. The van der Waals surface area contributed by atoms with Gasteiger partial charge in [0, 0.05) is 25.2 Å². The van der Waals surface area contributed by atoms with E-state index in [1.54, 1.807) is 40.8 Å². The molecule has 1 aromatic heterocycles. The maximum atomic E-state index is 13.1. The molecule has 3 rings (SSSR count). The van der Waals surface area contributed by atoms with Gasteiger partial charge in [0.05, 0.1) is 4.90 Å². The third kappa shape index (κ3) is 5.18. The van der Waals surface area contributed by atoms with Crippen LogP contribution in [0.3, 0.4) is 0 Å². The number of nitrogens with zero attached hydrogens (tertiary/aromatic N) is 1. The molecule has 0 radical (unpaired) electrons. The summed E-state index contributed by atoms with van der Waals surface area (Å²) in [6.07, 6.45) is 5.00. The SMILES string of the molecule is Cc1ccc(NC(=O)CCc2ccsc2)cc1S(=O)(=O)N1CCCCCC1. The Morgan fingerprint density at radius 3 is 2.56 bits per heavy atom. The van der Waals surface area contributed by atoms with E-state index in [2.05, 4.69) is 5.32 Å².